The minimum absolute atomic E-state index is 0.0214. The molecule has 19 heavy (non-hydrogen) atoms. The van der Waals surface area contributed by atoms with Gasteiger partial charge in [-0.2, -0.15) is 0 Å². The van der Waals surface area contributed by atoms with Crippen molar-refractivity contribution in [2.45, 2.75) is 31.8 Å². The van der Waals surface area contributed by atoms with Crippen molar-refractivity contribution in [3.05, 3.63) is 23.9 Å². The molecule has 0 aliphatic carbocycles. The second kappa shape index (κ2) is 4.81. The predicted molar refractivity (Wildman–Crippen MR) is 73.8 cm³/mol. The number of carbonyl (C=O) groups excluding carboxylic acids is 1. The first-order valence-electron chi connectivity index (χ1n) is 6.91. The highest BCUT2D eigenvalue weighted by atomic mass is 16.2. The van der Waals surface area contributed by atoms with E-state index in [1.807, 2.05) is 30.2 Å². The summed E-state index contributed by atoms with van der Waals surface area (Å²) in [5, 5.41) is 0. The van der Waals surface area contributed by atoms with E-state index in [2.05, 4.69) is 9.88 Å². The molecular weight excluding hydrogens is 240 g/mol. The monoisotopic (exact) mass is 260 g/mol. The first-order chi connectivity index (χ1) is 9.16. The topological polar surface area (TPSA) is 62.5 Å². The fraction of sp³-hybridized carbons (Fsp3) is 0.571. The maximum atomic E-state index is 11.7. The van der Waals surface area contributed by atoms with Crippen LogP contribution in [0.5, 0.6) is 0 Å². The quantitative estimate of drug-likeness (QED) is 0.858. The normalized spacial score (nSPS) is 24.5. The van der Waals surface area contributed by atoms with Crippen LogP contribution < -0.4 is 10.6 Å². The number of nitrogens with zero attached hydrogens (tertiary/aromatic N) is 3. The number of rotatable bonds is 2. The first-order valence-corrected chi connectivity index (χ1v) is 6.91. The summed E-state index contributed by atoms with van der Waals surface area (Å²) in [4.78, 5) is 20.5. The zero-order valence-corrected chi connectivity index (χ0v) is 11.2. The summed E-state index contributed by atoms with van der Waals surface area (Å²) in [6, 6.07) is 4.30. The molecule has 2 saturated heterocycles. The Hall–Kier alpha value is -1.62. The zero-order valence-electron chi connectivity index (χ0n) is 11.2. The van der Waals surface area contributed by atoms with Crippen molar-refractivity contribution < 1.29 is 4.79 Å². The number of pyridine rings is 1. The fourth-order valence-corrected chi connectivity index (χ4v) is 3.09. The number of piperazine rings is 1. The van der Waals surface area contributed by atoms with Gasteiger partial charge in [-0.25, -0.2) is 4.98 Å². The number of hydrogen-bond acceptors (Lipinski definition) is 4. The van der Waals surface area contributed by atoms with Gasteiger partial charge in [0, 0.05) is 49.9 Å². The molecule has 0 saturated carbocycles. The van der Waals surface area contributed by atoms with E-state index in [0.29, 0.717) is 18.4 Å². The van der Waals surface area contributed by atoms with E-state index in [4.69, 9.17) is 5.73 Å². The Labute approximate surface area is 113 Å². The molecule has 0 aromatic carbocycles. The van der Waals surface area contributed by atoms with Gasteiger partial charge in [0.05, 0.1) is 0 Å². The van der Waals surface area contributed by atoms with Crippen molar-refractivity contribution in [1.29, 1.82) is 0 Å². The van der Waals surface area contributed by atoms with Crippen molar-refractivity contribution in [3.8, 4) is 0 Å². The Bertz CT molecular complexity index is 488. The molecule has 0 spiro atoms. The summed E-state index contributed by atoms with van der Waals surface area (Å²) < 4.78 is 0. The van der Waals surface area contributed by atoms with E-state index >= 15 is 0 Å². The molecule has 3 rings (SSSR count). The molecule has 2 atom stereocenters. The second-order valence-corrected chi connectivity index (χ2v) is 5.43. The Morgan fingerprint density at radius 3 is 3.11 bits per heavy atom. The number of hydrogen-bond donors (Lipinski definition) is 1. The number of nitrogens with two attached hydrogens (primary N) is 1. The largest absolute Gasteiger partial charge is 0.353 e. The predicted octanol–water partition coefficient (Wildman–Crippen LogP) is 0.912. The Balaban J connectivity index is 1.83. The third kappa shape index (κ3) is 2.18. The molecule has 0 radical (unpaired) electrons. The van der Waals surface area contributed by atoms with Crippen LogP contribution in [0.3, 0.4) is 0 Å². The lowest BCUT2D eigenvalue weighted by atomic mass is 10.1. The van der Waals surface area contributed by atoms with E-state index in [1.54, 1.807) is 0 Å². The highest BCUT2D eigenvalue weighted by Gasteiger charge is 2.36. The highest BCUT2D eigenvalue weighted by molar-refractivity contribution is 5.79. The fourth-order valence-electron chi connectivity index (χ4n) is 3.09. The maximum absolute atomic E-state index is 11.7. The molecule has 102 valence electrons. The summed E-state index contributed by atoms with van der Waals surface area (Å²) in [6.07, 6.45) is 3.48. The van der Waals surface area contributed by atoms with Gasteiger partial charge in [-0.1, -0.05) is 6.07 Å². The van der Waals surface area contributed by atoms with Crippen molar-refractivity contribution in [1.82, 2.24) is 9.88 Å². The molecule has 2 aliphatic rings. The minimum Gasteiger partial charge on any atom is -0.353 e. The zero-order chi connectivity index (χ0) is 13.4. The van der Waals surface area contributed by atoms with Crippen molar-refractivity contribution >= 4 is 11.7 Å². The number of anilines is 1. The molecule has 0 bridgehead atoms. The summed E-state index contributed by atoms with van der Waals surface area (Å²) in [5.74, 6) is 1.29. The van der Waals surface area contributed by atoms with Gasteiger partial charge in [0.2, 0.25) is 5.91 Å². The van der Waals surface area contributed by atoms with Gasteiger partial charge in [-0.15, -0.1) is 0 Å². The molecule has 5 nitrogen and oxygen atoms in total. The molecule has 3 heterocycles. The van der Waals surface area contributed by atoms with Gasteiger partial charge in [-0.3, -0.25) is 4.79 Å². The average Bonchev–Trinajstić information content (AvgIpc) is 2.80. The van der Waals surface area contributed by atoms with Gasteiger partial charge in [-0.05, 0) is 19.4 Å². The highest BCUT2D eigenvalue weighted by Crippen LogP contribution is 2.28. The Morgan fingerprint density at radius 1 is 1.47 bits per heavy atom. The lowest BCUT2D eigenvalue weighted by Crippen LogP contribution is -2.52. The average molecular weight is 260 g/mol. The van der Waals surface area contributed by atoms with Crippen LogP contribution in [0.15, 0.2) is 18.3 Å². The molecule has 1 aromatic rings. The SMILES string of the molecule is C[C@@H](N)c1cccnc1N1CCN2C(=O)CCC2C1. The molecule has 2 aliphatic heterocycles. The van der Waals surface area contributed by atoms with Crippen LogP contribution in [-0.4, -0.2) is 41.5 Å². The van der Waals surface area contributed by atoms with Crippen LogP contribution in [0.4, 0.5) is 5.82 Å². The van der Waals surface area contributed by atoms with Gasteiger partial charge in [0.1, 0.15) is 5.82 Å². The summed E-state index contributed by atoms with van der Waals surface area (Å²) in [7, 11) is 0. The van der Waals surface area contributed by atoms with Crippen LogP contribution in [0.2, 0.25) is 0 Å². The smallest absolute Gasteiger partial charge is 0.223 e. The standard InChI is InChI=1S/C14H20N4O/c1-10(15)12-3-2-6-16-14(12)17-7-8-18-11(9-17)4-5-13(18)19/h2-3,6,10-11H,4-5,7-9,15H2,1H3/t10-,11?/m1/s1. The van der Waals surface area contributed by atoms with E-state index in [1.165, 1.54) is 0 Å². The second-order valence-electron chi connectivity index (χ2n) is 5.43. The molecule has 1 aromatic heterocycles. The van der Waals surface area contributed by atoms with Gasteiger partial charge in [0.25, 0.3) is 0 Å². The lowest BCUT2D eigenvalue weighted by molar-refractivity contribution is -0.129. The number of carbonyl (C=O) groups is 1. The Kier molecular flexibility index (Phi) is 3.14. The maximum Gasteiger partial charge on any atom is 0.223 e. The molecule has 2 fully saturated rings. The van der Waals surface area contributed by atoms with E-state index in [9.17, 15) is 4.79 Å². The Morgan fingerprint density at radius 2 is 2.32 bits per heavy atom. The van der Waals surface area contributed by atoms with Crippen LogP contribution >= 0.6 is 0 Å². The summed E-state index contributed by atoms with van der Waals surface area (Å²) in [6.45, 7) is 4.51. The van der Waals surface area contributed by atoms with Gasteiger partial charge < -0.3 is 15.5 Å². The van der Waals surface area contributed by atoms with E-state index in [0.717, 1.165) is 37.4 Å². The van der Waals surface area contributed by atoms with Gasteiger partial charge in [0.15, 0.2) is 0 Å². The van der Waals surface area contributed by atoms with Gasteiger partial charge >= 0.3 is 0 Å². The van der Waals surface area contributed by atoms with E-state index < -0.39 is 0 Å². The van der Waals surface area contributed by atoms with Crippen LogP contribution in [0, 0.1) is 0 Å². The molecule has 1 amide bonds. The van der Waals surface area contributed by atoms with E-state index in [-0.39, 0.29) is 6.04 Å². The van der Waals surface area contributed by atoms with Crippen LogP contribution in [0.25, 0.3) is 0 Å². The van der Waals surface area contributed by atoms with Crippen LogP contribution in [-0.2, 0) is 4.79 Å². The van der Waals surface area contributed by atoms with Crippen molar-refractivity contribution in [2.75, 3.05) is 24.5 Å². The van der Waals surface area contributed by atoms with Crippen molar-refractivity contribution in [3.63, 3.8) is 0 Å². The molecule has 5 heteroatoms. The lowest BCUT2D eigenvalue weighted by Gasteiger charge is -2.39. The molecule has 1 unspecified atom stereocenters. The number of fused-ring (bicyclic) bond motifs is 1. The summed E-state index contributed by atoms with van der Waals surface area (Å²) in [5.41, 5.74) is 7.10. The number of aromatic nitrogens is 1. The first kappa shape index (κ1) is 12.4. The summed E-state index contributed by atoms with van der Waals surface area (Å²) >= 11 is 0. The van der Waals surface area contributed by atoms with Crippen LogP contribution in [0.1, 0.15) is 31.4 Å². The molecular formula is C14H20N4O. The third-order valence-corrected chi connectivity index (χ3v) is 4.10. The molecule has 2 N–H and O–H groups in total. The number of amides is 1. The third-order valence-electron chi connectivity index (χ3n) is 4.10. The van der Waals surface area contributed by atoms with Crippen molar-refractivity contribution in [2.24, 2.45) is 5.73 Å². The minimum atomic E-state index is -0.0214.